The smallest absolute Gasteiger partial charge is 0.417 e. The minimum atomic E-state index is -4.99. The molecular formula is C25H22Cl2F4O2. The Morgan fingerprint density at radius 3 is 2.27 bits per heavy atom. The molecule has 8 heteroatoms. The van der Waals surface area contributed by atoms with Crippen LogP contribution in [0.4, 0.5) is 17.6 Å². The predicted octanol–water partition coefficient (Wildman–Crippen LogP) is 7.71. The normalized spacial score (nSPS) is 14.2. The maximum Gasteiger partial charge on any atom is 0.417 e. The van der Waals surface area contributed by atoms with E-state index in [-0.39, 0.29) is 16.9 Å². The third kappa shape index (κ3) is 5.62. The maximum atomic E-state index is 14.1. The molecule has 0 bridgehead atoms. The summed E-state index contributed by atoms with van der Waals surface area (Å²) in [5.41, 5.74) is -3.25. The van der Waals surface area contributed by atoms with Gasteiger partial charge in [0.15, 0.2) is 5.60 Å². The number of phenolic OH excluding ortho intramolecular Hbond substituents is 1. The molecular weight excluding hydrogens is 479 g/mol. The Morgan fingerprint density at radius 1 is 0.909 bits per heavy atom. The number of halogens is 6. The van der Waals surface area contributed by atoms with Crippen molar-refractivity contribution in [1.82, 2.24) is 0 Å². The van der Waals surface area contributed by atoms with Crippen molar-refractivity contribution in [2.24, 2.45) is 0 Å². The third-order valence-corrected chi connectivity index (χ3v) is 6.18. The fourth-order valence-electron chi connectivity index (χ4n) is 4.04. The van der Waals surface area contributed by atoms with E-state index < -0.39 is 35.9 Å². The van der Waals surface area contributed by atoms with Gasteiger partial charge in [-0.2, -0.15) is 13.2 Å². The Hall–Kier alpha value is -2.28. The predicted molar refractivity (Wildman–Crippen MR) is 122 cm³/mol. The van der Waals surface area contributed by atoms with Gasteiger partial charge in [-0.05, 0) is 59.4 Å². The lowest BCUT2D eigenvalue weighted by atomic mass is 9.72. The number of hydrogen-bond donors (Lipinski definition) is 2. The summed E-state index contributed by atoms with van der Waals surface area (Å²) in [6.45, 7) is 2.83. The number of phenols is 1. The second kappa shape index (κ2) is 9.16. The summed E-state index contributed by atoms with van der Waals surface area (Å²) in [5, 5.41) is 21.8. The quantitative estimate of drug-likeness (QED) is 0.340. The molecule has 176 valence electrons. The molecule has 2 N–H and O–H groups in total. The molecule has 0 fully saturated rings. The lowest BCUT2D eigenvalue weighted by Gasteiger charge is -2.38. The van der Waals surface area contributed by atoms with Crippen molar-refractivity contribution in [3.8, 4) is 16.9 Å². The minimum Gasteiger partial charge on any atom is -0.508 e. The van der Waals surface area contributed by atoms with Gasteiger partial charge < -0.3 is 10.2 Å². The fourth-order valence-corrected chi connectivity index (χ4v) is 4.44. The molecule has 3 aromatic rings. The first kappa shape index (κ1) is 25.3. The number of aliphatic hydroxyl groups is 1. The van der Waals surface area contributed by atoms with Crippen molar-refractivity contribution in [3.63, 3.8) is 0 Å². The molecule has 0 heterocycles. The van der Waals surface area contributed by atoms with E-state index in [1.165, 1.54) is 26.0 Å². The summed E-state index contributed by atoms with van der Waals surface area (Å²) in [7, 11) is 0. The standard InChI is InChI=1S/C25H22Cl2F4O2/c1-23(2,20-12-18(28)7-9-22(20)32)14-24(33,25(29,30)31)13-15-4-3-5-16(10-15)19-11-17(26)6-8-21(19)27/h3-12,32-33H,13-14H2,1-2H3. The Morgan fingerprint density at radius 2 is 1.61 bits per heavy atom. The molecule has 2 nitrogen and oxygen atoms in total. The van der Waals surface area contributed by atoms with E-state index in [1.54, 1.807) is 30.3 Å². The Bertz CT molecular complexity index is 1160. The largest absolute Gasteiger partial charge is 0.508 e. The number of alkyl halides is 3. The Kier molecular flexibility index (Phi) is 7.04. The molecule has 0 radical (unpaired) electrons. The molecule has 0 aromatic heterocycles. The summed E-state index contributed by atoms with van der Waals surface area (Å²) >= 11 is 12.3. The summed E-state index contributed by atoms with van der Waals surface area (Å²) in [6, 6.07) is 14.1. The average Bonchev–Trinajstić information content (AvgIpc) is 2.70. The van der Waals surface area contributed by atoms with Crippen LogP contribution in [0.5, 0.6) is 5.75 Å². The monoisotopic (exact) mass is 500 g/mol. The molecule has 3 rings (SSSR count). The highest BCUT2D eigenvalue weighted by molar-refractivity contribution is 6.35. The molecule has 0 aliphatic carbocycles. The summed E-state index contributed by atoms with van der Waals surface area (Å²) < 4.78 is 56.1. The van der Waals surface area contributed by atoms with Gasteiger partial charge in [-0.15, -0.1) is 0 Å². The molecule has 1 atom stereocenters. The van der Waals surface area contributed by atoms with Crippen LogP contribution in [0.25, 0.3) is 11.1 Å². The third-order valence-electron chi connectivity index (χ3n) is 5.61. The molecule has 0 amide bonds. The van der Waals surface area contributed by atoms with Crippen molar-refractivity contribution in [2.75, 3.05) is 0 Å². The van der Waals surface area contributed by atoms with Gasteiger partial charge in [0.05, 0.1) is 0 Å². The van der Waals surface area contributed by atoms with Crippen LogP contribution in [-0.2, 0) is 11.8 Å². The number of hydrogen-bond acceptors (Lipinski definition) is 2. The summed E-state index contributed by atoms with van der Waals surface area (Å²) in [4.78, 5) is 0. The van der Waals surface area contributed by atoms with Gasteiger partial charge in [-0.25, -0.2) is 4.39 Å². The first-order valence-electron chi connectivity index (χ1n) is 10.0. The minimum absolute atomic E-state index is 0.0235. The van der Waals surface area contributed by atoms with E-state index in [4.69, 9.17) is 23.2 Å². The molecule has 3 aromatic carbocycles. The van der Waals surface area contributed by atoms with E-state index in [2.05, 4.69) is 0 Å². The lowest BCUT2D eigenvalue weighted by molar-refractivity contribution is -0.266. The zero-order valence-electron chi connectivity index (χ0n) is 17.8. The number of aromatic hydroxyl groups is 1. The second-order valence-electron chi connectivity index (χ2n) is 8.75. The maximum absolute atomic E-state index is 14.1. The van der Waals surface area contributed by atoms with Gasteiger partial charge in [-0.1, -0.05) is 61.3 Å². The molecule has 0 spiro atoms. The van der Waals surface area contributed by atoms with Gasteiger partial charge >= 0.3 is 6.18 Å². The molecule has 0 aliphatic rings. The summed E-state index contributed by atoms with van der Waals surface area (Å²) in [6.07, 6.45) is -6.54. The fraction of sp³-hybridized carbons (Fsp3) is 0.280. The highest BCUT2D eigenvalue weighted by Crippen LogP contribution is 2.45. The van der Waals surface area contributed by atoms with Gasteiger partial charge in [-0.3, -0.25) is 0 Å². The first-order valence-corrected chi connectivity index (χ1v) is 10.8. The van der Waals surface area contributed by atoms with Crippen LogP contribution < -0.4 is 0 Å². The lowest BCUT2D eigenvalue weighted by Crippen LogP contribution is -2.50. The number of benzene rings is 3. The molecule has 1 unspecified atom stereocenters. The van der Waals surface area contributed by atoms with Crippen LogP contribution in [0.15, 0.2) is 60.7 Å². The van der Waals surface area contributed by atoms with Crippen LogP contribution in [0.1, 0.15) is 31.4 Å². The zero-order valence-corrected chi connectivity index (χ0v) is 19.4. The van der Waals surface area contributed by atoms with Gasteiger partial charge in [0.2, 0.25) is 0 Å². The van der Waals surface area contributed by atoms with E-state index in [0.29, 0.717) is 21.2 Å². The Labute approximate surface area is 199 Å². The average molecular weight is 501 g/mol. The van der Waals surface area contributed by atoms with Crippen molar-refractivity contribution in [2.45, 2.75) is 43.9 Å². The van der Waals surface area contributed by atoms with Crippen LogP contribution in [0.2, 0.25) is 10.0 Å². The molecule has 0 saturated heterocycles. The zero-order chi connectivity index (χ0) is 24.6. The van der Waals surface area contributed by atoms with E-state index >= 15 is 0 Å². The van der Waals surface area contributed by atoms with E-state index in [1.807, 2.05) is 0 Å². The van der Waals surface area contributed by atoms with Crippen LogP contribution in [-0.4, -0.2) is 22.0 Å². The van der Waals surface area contributed by atoms with Gasteiger partial charge in [0.1, 0.15) is 11.6 Å². The van der Waals surface area contributed by atoms with Crippen LogP contribution in [0, 0.1) is 5.82 Å². The topological polar surface area (TPSA) is 40.5 Å². The van der Waals surface area contributed by atoms with Crippen LogP contribution in [0.3, 0.4) is 0 Å². The van der Waals surface area contributed by atoms with Crippen molar-refractivity contribution in [1.29, 1.82) is 0 Å². The SMILES string of the molecule is CC(C)(CC(O)(Cc1cccc(-c2cc(Cl)ccc2Cl)c1)C(F)(F)F)c1cc(F)ccc1O. The molecule has 33 heavy (non-hydrogen) atoms. The van der Waals surface area contributed by atoms with Crippen LogP contribution >= 0.6 is 23.2 Å². The molecule has 0 saturated carbocycles. The van der Waals surface area contributed by atoms with Crippen molar-refractivity contribution in [3.05, 3.63) is 87.7 Å². The Balaban J connectivity index is 1.99. The van der Waals surface area contributed by atoms with Gasteiger partial charge in [0.25, 0.3) is 0 Å². The highest BCUT2D eigenvalue weighted by atomic mass is 35.5. The number of rotatable bonds is 6. The molecule has 0 aliphatic heterocycles. The second-order valence-corrected chi connectivity index (χ2v) is 9.60. The summed E-state index contributed by atoms with van der Waals surface area (Å²) in [5.74, 6) is -1.04. The van der Waals surface area contributed by atoms with Crippen molar-refractivity contribution < 1.29 is 27.8 Å². The van der Waals surface area contributed by atoms with E-state index in [9.17, 15) is 27.8 Å². The van der Waals surface area contributed by atoms with E-state index in [0.717, 1.165) is 18.2 Å². The highest BCUT2D eigenvalue weighted by Gasteiger charge is 2.56. The van der Waals surface area contributed by atoms with Crippen molar-refractivity contribution >= 4 is 23.2 Å². The first-order chi connectivity index (χ1) is 15.2. The van der Waals surface area contributed by atoms with Gasteiger partial charge in [0, 0.05) is 27.6 Å².